The van der Waals surface area contributed by atoms with Gasteiger partial charge in [0.1, 0.15) is 0 Å². The molecule has 0 atom stereocenters. The molecule has 118 valence electrons. The van der Waals surface area contributed by atoms with E-state index in [0.717, 1.165) is 24.4 Å². The smallest absolute Gasteiger partial charge is 0.275 e. The zero-order valence-corrected chi connectivity index (χ0v) is 12.0. The van der Waals surface area contributed by atoms with Crippen molar-refractivity contribution >= 4 is 17.5 Å². The van der Waals surface area contributed by atoms with Crippen molar-refractivity contribution in [2.24, 2.45) is 7.05 Å². The van der Waals surface area contributed by atoms with E-state index in [4.69, 9.17) is 11.6 Å². The van der Waals surface area contributed by atoms with Gasteiger partial charge in [0.05, 0.1) is 23.9 Å². The summed E-state index contributed by atoms with van der Waals surface area (Å²) in [5.74, 6) is -1.08. The van der Waals surface area contributed by atoms with E-state index in [1.165, 1.54) is 17.9 Å². The Bertz CT molecular complexity index is 699. The first kappa shape index (κ1) is 16.3. The first-order valence-electron chi connectivity index (χ1n) is 6.00. The molecule has 0 saturated heterocycles. The molecule has 0 radical (unpaired) electrons. The van der Waals surface area contributed by atoms with Gasteiger partial charge in [-0.15, -0.1) is 0 Å². The van der Waals surface area contributed by atoms with Crippen LogP contribution in [0.3, 0.4) is 0 Å². The Kier molecular flexibility index (Phi) is 4.41. The second-order valence-electron chi connectivity index (χ2n) is 4.53. The standard InChI is InChI=1S/C13H10ClF4N3O/c1-20-6-9(5-19-20)12(22)21(18)7-8-4-10(14)2-3-11(8)13(15,16)17/h2-6H,7H2,1H3. The number of aromatic nitrogens is 2. The monoisotopic (exact) mass is 335 g/mol. The highest BCUT2D eigenvalue weighted by molar-refractivity contribution is 6.30. The Labute approximate surface area is 127 Å². The van der Waals surface area contributed by atoms with Gasteiger partial charge in [-0.3, -0.25) is 9.48 Å². The van der Waals surface area contributed by atoms with E-state index in [9.17, 15) is 22.4 Å². The average Bonchev–Trinajstić information content (AvgIpc) is 2.83. The minimum absolute atomic E-state index is 0.0187. The van der Waals surface area contributed by atoms with Crippen LogP contribution in [-0.4, -0.2) is 20.8 Å². The van der Waals surface area contributed by atoms with Gasteiger partial charge < -0.3 is 0 Å². The van der Waals surface area contributed by atoms with E-state index in [1.54, 1.807) is 0 Å². The minimum atomic E-state index is -4.67. The van der Waals surface area contributed by atoms with E-state index in [2.05, 4.69) is 5.10 Å². The molecule has 0 fully saturated rings. The maximum absolute atomic E-state index is 13.9. The highest BCUT2D eigenvalue weighted by Gasteiger charge is 2.34. The van der Waals surface area contributed by atoms with Crippen molar-refractivity contribution in [3.8, 4) is 0 Å². The fourth-order valence-electron chi connectivity index (χ4n) is 1.86. The molecule has 22 heavy (non-hydrogen) atoms. The second-order valence-corrected chi connectivity index (χ2v) is 4.96. The molecule has 0 N–H and O–H groups in total. The van der Waals surface area contributed by atoms with Gasteiger partial charge in [0.15, 0.2) is 0 Å². The zero-order chi connectivity index (χ0) is 16.5. The third-order valence-electron chi connectivity index (χ3n) is 2.85. The first-order chi connectivity index (χ1) is 10.2. The molecule has 0 spiro atoms. The number of hydrogen-bond donors (Lipinski definition) is 0. The Morgan fingerprint density at radius 1 is 1.41 bits per heavy atom. The third kappa shape index (κ3) is 3.56. The number of benzene rings is 1. The Balaban J connectivity index is 2.26. The molecule has 9 heteroatoms. The van der Waals surface area contributed by atoms with Crippen LogP contribution in [0.4, 0.5) is 17.7 Å². The summed E-state index contributed by atoms with van der Waals surface area (Å²) < 4.78 is 53.8. The van der Waals surface area contributed by atoms with Crippen LogP contribution in [0.5, 0.6) is 0 Å². The Morgan fingerprint density at radius 2 is 2.09 bits per heavy atom. The van der Waals surface area contributed by atoms with Crippen LogP contribution in [0, 0.1) is 0 Å². The number of halogens is 5. The van der Waals surface area contributed by atoms with Crippen molar-refractivity contribution < 1.29 is 22.4 Å². The highest BCUT2D eigenvalue weighted by atomic mass is 35.5. The lowest BCUT2D eigenvalue weighted by Crippen LogP contribution is -2.23. The molecule has 1 aromatic carbocycles. The van der Waals surface area contributed by atoms with Crippen LogP contribution in [0.1, 0.15) is 21.5 Å². The van der Waals surface area contributed by atoms with Gasteiger partial charge in [0.2, 0.25) is 0 Å². The van der Waals surface area contributed by atoms with E-state index in [1.807, 2.05) is 0 Å². The Hall–Kier alpha value is -2.09. The zero-order valence-electron chi connectivity index (χ0n) is 11.2. The van der Waals surface area contributed by atoms with Gasteiger partial charge in [0.25, 0.3) is 5.91 Å². The highest BCUT2D eigenvalue weighted by Crippen LogP contribution is 2.34. The number of nitrogens with zero attached hydrogens (tertiary/aromatic N) is 3. The number of carbonyl (C=O) groups excluding carboxylic acids is 1. The number of alkyl halides is 3. The molecule has 1 amide bonds. The van der Waals surface area contributed by atoms with Crippen LogP contribution >= 0.6 is 11.6 Å². The maximum Gasteiger partial charge on any atom is 0.416 e. The molecule has 4 nitrogen and oxygen atoms in total. The molecule has 0 aliphatic heterocycles. The summed E-state index contributed by atoms with van der Waals surface area (Å²) in [7, 11) is 1.53. The number of carbonyl (C=O) groups is 1. The number of hydrogen-bond acceptors (Lipinski definition) is 2. The molecule has 2 rings (SSSR count). The molecule has 1 heterocycles. The van der Waals surface area contributed by atoms with Crippen molar-refractivity contribution in [1.82, 2.24) is 14.9 Å². The lowest BCUT2D eigenvalue weighted by molar-refractivity contribution is -0.138. The van der Waals surface area contributed by atoms with Gasteiger partial charge in [-0.1, -0.05) is 16.1 Å². The predicted octanol–water partition coefficient (Wildman–Crippen LogP) is 3.62. The maximum atomic E-state index is 13.9. The van der Waals surface area contributed by atoms with Gasteiger partial charge in [0, 0.05) is 18.3 Å². The summed E-state index contributed by atoms with van der Waals surface area (Å²) in [4.78, 5) is 11.8. The number of amides is 1. The van der Waals surface area contributed by atoms with Crippen LogP contribution in [0.15, 0.2) is 30.6 Å². The quantitative estimate of drug-likeness (QED) is 0.634. The number of aryl methyl sites for hydroxylation is 1. The van der Waals surface area contributed by atoms with Gasteiger partial charge in [-0.25, -0.2) is 0 Å². The lowest BCUT2D eigenvalue weighted by Gasteiger charge is -2.16. The molecule has 1 aromatic heterocycles. The van der Waals surface area contributed by atoms with Crippen LogP contribution in [0.2, 0.25) is 5.02 Å². The fraction of sp³-hybridized carbons (Fsp3) is 0.231. The first-order valence-corrected chi connectivity index (χ1v) is 6.38. The topological polar surface area (TPSA) is 38.1 Å². The molecule has 0 aliphatic rings. The average molecular weight is 336 g/mol. The molecule has 0 saturated carbocycles. The SMILES string of the molecule is Cn1cc(C(=O)N(F)Cc2cc(Cl)ccc2C(F)(F)F)cn1. The normalized spacial score (nSPS) is 11.5. The molecule has 2 aromatic rings. The lowest BCUT2D eigenvalue weighted by atomic mass is 10.1. The van der Waals surface area contributed by atoms with Gasteiger partial charge in [-0.2, -0.15) is 23.4 Å². The van der Waals surface area contributed by atoms with Crippen LogP contribution < -0.4 is 0 Å². The second kappa shape index (κ2) is 5.96. The van der Waals surface area contributed by atoms with E-state index >= 15 is 0 Å². The summed E-state index contributed by atoms with van der Waals surface area (Å²) in [6.45, 7) is -0.872. The van der Waals surface area contributed by atoms with E-state index in [-0.39, 0.29) is 15.7 Å². The summed E-state index contributed by atoms with van der Waals surface area (Å²) in [5, 5.41) is 3.41. The van der Waals surface area contributed by atoms with Crippen molar-refractivity contribution in [3.63, 3.8) is 0 Å². The van der Waals surface area contributed by atoms with Crippen molar-refractivity contribution in [2.45, 2.75) is 12.7 Å². The Morgan fingerprint density at radius 3 is 2.64 bits per heavy atom. The molecule has 0 aliphatic carbocycles. The summed E-state index contributed by atoms with van der Waals surface area (Å²) in [5.41, 5.74) is -1.54. The molecular weight excluding hydrogens is 326 g/mol. The predicted molar refractivity (Wildman–Crippen MR) is 70.6 cm³/mol. The van der Waals surface area contributed by atoms with Crippen LogP contribution in [0.25, 0.3) is 0 Å². The molecular formula is C13H10ClF4N3O. The van der Waals surface area contributed by atoms with Crippen molar-refractivity contribution in [3.05, 3.63) is 52.3 Å². The molecule has 0 bridgehead atoms. The summed E-state index contributed by atoms with van der Waals surface area (Å²) in [6, 6.07) is 2.78. The number of rotatable bonds is 3. The third-order valence-corrected chi connectivity index (χ3v) is 3.09. The fourth-order valence-corrected chi connectivity index (χ4v) is 2.06. The summed E-state index contributed by atoms with van der Waals surface area (Å²) in [6.07, 6.45) is -2.28. The van der Waals surface area contributed by atoms with Gasteiger partial charge in [-0.05, 0) is 23.8 Å². The van der Waals surface area contributed by atoms with Gasteiger partial charge >= 0.3 is 6.18 Å². The van der Waals surface area contributed by atoms with E-state index < -0.39 is 29.8 Å². The van der Waals surface area contributed by atoms with Crippen molar-refractivity contribution in [2.75, 3.05) is 0 Å². The van der Waals surface area contributed by atoms with Crippen molar-refractivity contribution in [1.29, 1.82) is 0 Å². The van der Waals surface area contributed by atoms with Crippen LogP contribution in [-0.2, 0) is 19.8 Å². The van der Waals surface area contributed by atoms with E-state index in [0.29, 0.717) is 0 Å². The minimum Gasteiger partial charge on any atom is -0.275 e. The molecule has 0 unspecified atom stereocenters. The largest absolute Gasteiger partial charge is 0.416 e. The summed E-state index contributed by atoms with van der Waals surface area (Å²) >= 11 is 5.64.